The van der Waals surface area contributed by atoms with Gasteiger partial charge in [-0.25, -0.2) is 0 Å². The van der Waals surface area contributed by atoms with Crippen LogP contribution in [0.15, 0.2) is 0 Å². The van der Waals surface area contributed by atoms with E-state index in [4.69, 9.17) is 0 Å². The van der Waals surface area contributed by atoms with Crippen molar-refractivity contribution >= 4 is 0 Å². The van der Waals surface area contributed by atoms with Gasteiger partial charge in [-0.05, 0) is 38.8 Å². The topological polar surface area (TPSA) is 3.24 Å². The number of likely N-dealkylation sites (tertiary alicyclic amines) is 1. The van der Waals surface area contributed by atoms with Gasteiger partial charge in [-0.15, -0.1) is 0 Å². The molecular weight excluding hydrogens is 134 g/mol. The highest BCUT2D eigenvalue weighted by atomic mass is 15.1. The fourth-order valence-electron chi connectivity index (χ4n) is 1.96. The van der Waals surface area contributed by atoms with Gasteiger partial charge in [0.1, 0.15) is 0 Å². The molecule has 0 radical (unpaired) electrons. The van der Waals surface area contributed by atoms with Crippen LogP contribution in [0, 0.1) is 5.41 Å². The smallest absolute Gasteiger partial charge is 0.00690 e. The highest BCUT2D eigenvalue weighted by molar-refractivity contribution is 4.84. The normalized spacial score (nSPS) is 40.9. The minimum Gasteiger partial charge on any atom is -0.304 e. The van der Waals surface area contributed by atoms with Crippen LogP contribution < -0.4 is 0 Å². The molecular formula is C10H21N. The van der Waals surface area contributed by atoms with Crippen molar-refractivity contribution in [1.29, 1.82) is 0 Å². The molecule has 66 valence electrons. The van der Waals surface area contributed by atoms with E-state index < -0.39 is 0 Å². The highest BCUT2D eigenvalue weighted by Crippen LogP contribution is 2.36. The summed E-state index contributed by atoms with van der Waals surface area (Å²) in [6.45, 7) is 8.37. The highest BCUT2D eigenvalue weighted by Gasteiger charge is 2.30. The van der Waals surface area contributed by atoms with Gasteiger partial charge in [0.05, 0.1) is 0 Å². The molecule has 0 aliphatic carbocycles. The lowest BCUT2D eigenvalue weighted by Crippen LogP contribution is -2.42. The average molecular weight is 155 g/mol. The predicted molar refractivity (Wildman–Crippen MR) is 49.7 cm³/mol. The van der Waals surface area contributed by atoms with E-state index in [-0.39, 0.29) is 0 Å². The van der Waals surface area contributed by atoms with Crippen molar-refractivity contribution in [3.05, 3.63) is 0 Å². The van der Waals surface area contributed by atoms with Gasteiger partial charge >= 0.3 is 0 Å². The molecule has 0 amide bonds. The maximum Gasteiger partial charge on any atom is 0.00690 e. The van der Waals surface area contributed by atoms with Crippen molar-refractivity contribution < 1.29 is 0 Å². The fraction of sp³-hybridized carbons (Fsp3) is 1.00. The molecule has 0 saturated carbocycles. The van der Waals surface area contributed by atoms with E-state index >= 15 is 0 Å². The van der Waals surface area contributed by atoms with Crippen LogP contribution in [0.1, 0.15) is 40.0 Å². The van der Waals surface area contributed by atoms with E-state index in [1.54, 1.807) is 0 Å². The molecule has 11 heavy (non-hydrogen) atoms. The molecule has 1 aliphatic rings. The average Bonchev–Trinajstić information content (AvgIpc) is 1.98. The van der Waals surface area contributed by atoms with Gasteiger partial charge in [0.25, 0.3) is 0 Å². The number of piperidine rings is 1. The summed E-state index contributed by atoms with van der Waals surface area (Å²) >= 11 is 0. The zero-order valence-corrected chi connectivity index (χ0v) is 8.35. The Balaban J connectivity index is 2.51. The molecule has 1 aliphatic heterocycles. The van der Waals surface area contributed by atoms with Gasteiger partial charge in [0, 0.05) is 6.04 Å². The summed E-state index contributed by atoms with van der Waals surface area (Å²) in [4.78, 5) is 2.47. The molecule has 2 unspecified atom stereocenters. The predicted octanol–water partition coefficient (Wildman–Crippen LogP) is 2.52. The van der Waals surface area contributed by atoms with Crippen LogP contribution in [0.25, 0.3) is 0 Å². The molecule has 1 heteroatoms. The molecule has 0 aromatic rings. The first-order valence-electron chi connectivity index (χ1n) is 4.78. The third-order valence-electron chi connectivity index (χ3n) is 3.46. The SMILES string of the molecule is CCC1(C)CCN(C)C(C)C1. The largest absolute Gasteiger partial charge is 0.304 e. The van der Waals surface area contributed by atoms with Crippen LogP contribution in [0.5, 0.6) is 0 Å². The fourth-order valence-corrected chi connectivity index (χ4v) is 1.96. The summed E-state index contributed by atoms with van der Waals surface area (Å²) in [7, 11) is 2.24. The zero-order chi connectivity index (χ0) is 8.48. The molecule has 0 aromatic carbocycles. The van der Waals surface area contributed by atoms with Crippen molar-refractivity contribution in [2.45, 2.75) is 46.1 Å². The van der Waals surface area contributed by atoms with Crippen LogP contribution in [0.4, 0.5) is 0 Å². The molecule has 0 bridgehead atoms. The molecule has 0 spiro atoms. The van der Waals surface area contributed by atoms with Gasteiger partial charge in [-0.1, -0.05) is 20.3 Å². The second-order valence-electron chi connectivity index (χ2n) is 4.45. The van der Waals surface area contributed by atoms with Crippen molar-refractivity contribution in [2.75, 3.05) is 13.6 Å². The van der Waals surface area contributed by atoms with Crippen LogP contribution in [-0.2, 0) is 0 Å². The number of hydrogen-bond donors (Lipinski definition) is 0. The Hall–Kier alpha value is -0.0400. The van der Waals surface area contributed by atoms with E-state index in [9.17, 15) is 0 Å². The summed E-state index contributed by atoms with van der Waals surface area (Å²) in [5, 5.41) is 0. The first-order chi connectivity index (χ1) is 5.07. The Morgan fingerprint density at radius 2 is 2.18 bits per heavy atom. The van der Waals surface area contributed by atoms with E-state index in [0.717, 1.165) is 6.04 Å². The Kier molecular flexibility index (Phi) is 2.58. The Morgan fingerprint density at radius 1 is 1.55 bits per heavy atom. The quantitative estimate of drug-likeness (QED) is 0.562. The third-order valence-corrected chi connectivity index (χ3v) is 3.46. The van der Waals surface area contributed by atoms with Crippen LogP contribution in [0.3, 0.4) is 0 Å². The summed E-state index contributed by atoms with van der Waals surface area (Å²) in [6, 6.07) is 0.786. The zero-order valence-electron chi connectivity index (χ0n) is 8.35. The lowest BCUT2D eigenvalue weighted by Gasteiger charge is -2.41. The number of hydrogen-bond acceptors (Lipinski definition) is 1. The second-order valence-corrected chi connectivity index (χ2v) is 4.45. The van der Waals surface area contributed by atoms with Crippen LogP contribution >= 0.6 is 0 Å². The number of nitrogens with zero attached hydrogens (tertiary/aromatic N) is 1. The minimum absolute atomic E-state index is 0.631. The molecule has 2 atom stereocenters. The summed E-state index contributed by atoms with van der Waals surface area (Å²) in [6.07, 6.45) is 4.09. The lowest BCUT2D eigenvalue weighted by molar-refractivity contribution is 0.0866. The summed E-state index contributed by atoms with van der Waals surface area (Å²) in [5.41, 5.74) is 0.631. The van der Waals surface area contributed by atoms with Gasteiger partial charge in [0.2, 0.25) is 0 Å². The van der Waals surface area contributed by atoms with Crippen molar-refractivity contribution in [2.24, 2.45) is 5.41 Å². The van der Waals surface area contributed by atoms with E-state index in [1.807, 2.05) is 0 Å². The Labute approximate surface area is 70.8 Å². The monoisotopic (exact) mass is 155 g/mol. The van der Waals surface area contributed by atoms with E-state index in [1.165, 1.54) is 25.8 Å². The molecule has 1 saturated heterocycles. The van der Waals surface area contributed by atoms with E-state index in [0.29, 0.717) is 5.41 Å². The number of rotatable bonds is 1. The maximum atomic E-state index is 2.47. The first-order valence-corrected chi connectivity index (χ1v) is 4.78. The van der Waals surface area contributed by atoms with Gasteiger partial charge in [-0.3, -0.25) is 0 Å². The third kappa shape index (κ3) is 1.96. The van der Waals surface area contributed by atoms with Gasteiger partial charge in [0.15, 0.2) is 0 Å². The summed E-state index contributed by atoms with van der Waals surface area (Å²) in [5.74, 6) is 0. The van der Waals surface area contributed by atoms with E-state index in [2.05, 4.69) is 32.7 Å². The maximum absolute atomic E-state index is 2.47. The standard InChI is InChI=1S/C10H21N/c1-5-10(3)6-7-11(4)9(2)8-10/h9H,5-8H2,1-4H3. The van der Waals surface area contributed by atoms with Crippen LogP contribution in [0.2, 0.25) is 0 Å². The molecule has 1 fully saturated rings. The van der Waals surface area contributed by atoms with Gasteiger partial charge < -0.3 is 4.90 Å². The molecule has 1 nitrogen and oxygen atoms in total. The second kappa shape index (κ2) is 3.14. The summed E-state index contributed by atoms with van der Waals surface area (Å²) < 4.78 is 0. The Morgan fingerprint density at radius 3 is 2.64 bits per heavy atom. The Bertz CT molecular complexity index is 133. The lowest BCUT2D eigenvalue weighted by atomic mass is 9.75. The molecule has 0 N–H and O–H groups in total. The van der Waals surface area contributed by atoms with Gasteiger partial charge in [-0.2, -0.15) is 0 Å². The molecule has 0 aromatic heterocycles. The van der Waals surface area contributed by atoms with Crippen molar-refractivity contribution in [3.8, 4) is 0 Å². The van der Waals surface area contributed by atoms with Crippen molar-refractivity contribution in [1.82, 2.24) is 4.90 Å². The minimum atomic E-state index is 0.631. The molecule has 1 rings (SSSR count). The first kappa shape index (κ1) is 9.05. The van der Waals surface area contributed by atoms with Crippen molar-refractivity contribution in [3.63, 3.8) is 0 Å². The van der Waals surface area contributed by atoms with Crippen LogP contribution in [-0.4, -0.2) is 24.5 Å². The molecule has 1 heterocycles.